The molecule has 0 saturated carbocycles. The van der Waals surface area contributed by atoms with Crippen molar-refractivity contribution >= 4 is 11.6 Å². The molecule has 0 saturated heterocycles. The topological polar surface area (TPSA) is 76.7 Å². The summed E-state index contributed by atoms with van der Waals surface area (Å²) in [6, 6.07) is 7.40. The Morgan fingerprint density at radius 2 is 2.05 bits per heavy atom. The molecule has 0 atom stereocenters. The first-order valence-electron chi connectivity index (χ1n) is 5.90. The van der Waals surface area contributed by atoms with Gasteiger partial charge in [-0.05, 0) is 24.3 Å². The fourth-order valence-electron chi connectivity index (χ4n) is 1.97. The van der Waals surface area contributed by atoms with Gasteiger partial charge >= 0.3 is 5.97 Å². The average Bonchev–Trinajstić information content (AvgIpc) is 2.90. The van der Waals surface area contributed by atoms with Gasteiger partial charge in [0.2, 0.25) is 0 Å². The number of methoxy groups -OCH3 is 1. The van der Waals surface area contributed by atoms with Crippen LogP contribution in [0, 0.1) is 0 Å². The Hall–Kier alpha value is -2.89. The molecule has 0 fully saturated rings. The summed E-state index contributed by atoms with van der Waals surface area (Å²) in [4.78, 5) is 19.3. The number of benzene rings is 1. The summed E-state index contributed by atoms with van der Waals surface area (Å²) < 4.78 is 6.75. The fraction of sp³-hybridized carbons (Fsp3) is 0.0714. The van der Waals surface area contributed by atoms with Crippen LogP contribution in [-0.4, -0.2) is 32.6 Å². The number of aromatic nitrogens is 3. The number of hydrogen-bond acceptors (Lipinski definition) is 4. The molecule has 0 aliphatic rings. The number of aromatic carboxylic acids is 1. The lowest BCUT2D eigenvalue weighted by molar-refractivity contribution is 0.0692. The average molecular weight is 269 g/mol. The minimum Gasteiger partial charge on any atom is -0.497 e. The van der Waals surface area contributed by atoms with Crippen molar-refractivity contribution in [3.63, 3.8) is 0 Å². The number of carboxylic acid groups (broad SMARTS) is 1. The van der Waals surface area contributed by atoms with Crippen molar-refractivity contribution in [1.29, 1.82) is 0 Å². The summed E-state index contributed by atoms with van der Waals surface area (Å²) in [6.45, 7) is 0. The van der Waals surface area contributed by atoms with Gasteiger partial charge in [0.15, 0.2) is 11.3 Å². The van der Waals surface area contributed by atoms with Crippen LogP contribution in [0.25, 0.3) is 16.9 Å². The molecule has 3 rings (SSSR count). The zero-order valence-electron chi connectivity index (χ0n) is 10.6. The normalized spacial score (nSPS) is 10.7. The van der Waals surface area contributed by atoms with Gasteiger partial charge in [-0.2, -0.15) is 0 Å². The summed E-state index contributed by atoms with van der Waals surface area (Å²) in [5.74, 6) is -0.340. The Morgan fingerprint density at radius 1 is 1.30 bits per heavy atom. The largest absolute Gasteiger partial charge is 0.497 e. The summed E-state index contributed by atoms with van der Waals surface area (Å²) in [7, 11) is 1.60. The maximum Gasteiger partial charge on any atom is 0.358 e. The Bertz CT molecular complexity index is 778. The Kier molecular flexibility index (Phi) is 2.83. The molecule has 2 heterocycles. The third-order valence-electron chi connectivity index (χ3n) is 2.96. The number of carbonyl (C=O) groups is 1. The van der Waals surface area contributed by atoms with Crippen molar-refractivity contribution < 1.29 is 14.6 Å². The lowest BCUT2D eigenvalue weighted by Crippen LogP contribution is -2.03. The summed E-state index contributed by atoms with van der Waals surface area (Å²) in [6.07, 6.45) is 4.88. The molecular weight excluding hydrogens is 258 g/mol. The van der Waals surface area contributed by atoms with Gasteiger partial charge in [0.1, 0.15) is 5.75 Å². The van der Waals surface area contributed by atoms with Gasteiger partial charge in [-0.3, -0.25) is 0 Å². The molecule has 20 heavy (non-hydrogen) atoms. The quantitative estimate of drug-likeness (QED) is 0.788. The van der Waals surface area contributed by atoms with Crippen LogP contribution in [0.1, 0.15) is 10.5 Å². The molecule has 1 N–H and O–H groups in total. The standard InChI is InChI=1S/C14H11N3O3/c1-20-10-4-2-9(3-5-10)11-8-17-7-6-15-12(14(18)19)13(17)16-11/h2-8H,1H3,(H,18,19). The van der Waals surface area contributed by atoms with Crippen LogP contribution in [0.4, 0.5) is 0 Å². The van der Waals surface area contributed by atoms with Gasteiger partial charge in [-0.15, -0.1) is 0 Å². The number of ether oxygens (including phenoxy) is 1. The highest BCUT2D eigenvalue weighted by atomic mass is 16.5. The first kappa shape index (κ1) is 12.2. The summed E-state index contributed by atoms with van der Waals surface area (Å²) in [5, 5.41) is 9.10. The number of imidazole rings is 1. The van der Waals surface area contributed by atoms with E-state index in [1.807, 2.05) is 24.3 Å². The van der Waals surface area contributed by atoms with Crippen molar-refractivity contribution in [2.75, 3.05) is 7.11 Å². The molecule has 0 spiro atoms. The van der Waals surface area contributed by atoms with Gasteiger partial charge in [0.05, 0.1) is 12.8 Å². The van der Waals surface area contributed by atoms with Crippen molar-refractivity contribution in [2.24, 2.45) is 0 Å². The third-order valence-corrected chi connectivity index (χ3v) is 2.96. The second-order valence-corrected chi connectivity index (χ2v) is 4.17. The van der Waals surface area contributed by atoms with E-state index in [9.17, 15) is 4.79 Å². The number of carboxylic acids is 1. The number of rotatable bonds is 3. The Labute approximate surface area is 114 Å². The zero-order valence-corrected chi connectivity index (χ0v) is 10.6. The molecule has 0 unspecified atom stereocenters. The van der Waals surface area contributed by atoms with Crippen molar-refractivity contribution in [3.05, 3.63) is 48.5 Å². The van der Waals surface area contributed by atoms with Crippen molar-refractivity contribution in [2.45, 2.75) is 0 Å². The van der Waals surface area contributed by atoms with Crippen LogP contribution >= 0.6 is 0 Å². The third kappa shape index (κ3) is 1.97. The minimum absolute atomic E-state index is 0.0627. The van der Waals surface area contributed by atoms with Crippen LogP contribution in [0.2, 0.25) is 0 Å². The highest BCUT2D eigenvalue weighted by Gasteiger charge is 2.14. The van der Waals surface area contributed by atoms with Crippen LogP contribution in [0.5, 0.6) is 5.75 Å². The van der Waals surface area contributed by atoms with E-state index in [0.717, 1.165) is 11.3 Å². The van der Waals surface area contributed by atoms with E-state index in [1.54, 1.807) is 23.9 Å². The first-order valence-corrected chi connectivity index (χ1v) is 5.90. The van der Waals surface area contributed by atoms with E-state index >= 15 is 0 Å². The smallest absolute Gasteiger partial charge is 0.358 e. The molecular formula is C14H11N3O3. The van der Waals surface area contributed by atoms with Crippen LogP contribution in [0.3, 0.4) is 0 Å². The van der Waals surface area contributed by atoms with Crippen LogP contribution in [0.15, 0.2) is 42.9 Å². The predicted molar refractivity (Wildman–Crippen MR) is 71.9 cm³/mol. The minimum atomic E-state index is -1.09. The van der Waals surface area contributed by atoms with Crippen molar-refractivity contribution in [3.8, 4) is 17.0 Å². The monoisotopic (exact) mass is 269 g/mol. The Balaban J connectivity index is 2.12. The van der Waals surface area contributed by atoms with E-state index in [-0.39, 0.29) is 5.69 Å². The second kappa shape index (κ2) is 4.65. The van der Waals surface area contributed by atoms with E-state index in [2.05, 4.69) is 9.97 Å². The fourth-order valence-corrected chi connectivity index (χ4v) is 1.97. The molecule has 0 radical (unpaired) electrons. The maximum atomic E-state index is 11.1. The van der Waals surface area contributed by atoms with E-state index in [4.69, 9.17) is 9.84 Å². The second-order valence-electron chi connectivity index (χ2n) is 4.17. The van der Waals surface area contributed by atoms with Gasteiger partial charge in [0.25, 0.3) is 0 Å². The van der Waals surface area contributed by atoms with Gasteiger partial charge in [-0.1, -0.05) is 0 Å². The highest BCUT2D eigenvalue weighted by molar-refractivity contribution is 5.92. The van der Waals surface area contributed by atoms with Crippen LogP contribution in [-0.2, 0) is 0 Å². The first-order chi connectivity index (χ1) is 9.69. The predicted octanol–water partition coefficient (Wildman–Crippen LogP) is 2.10. The molecule has 2 aromatic heterocycles. The zero-order chi connectivity index (χ0) is 14.1. The van der Waals surface area contributed by atoms with Gasteiger partial charge in [-0.25, -0.2) is 14.8 Å². The number of fused-ring (bicyclic) bond motifs is 1. The molecule has 1 aromatic carbocycles. The molecule has 3 aromatic rings. The van der Waals surface area contributed by atoms with E-state index < -0.39 is 5.97 Å². The molecule has 0 amide bonds. The molecule has 100 valence electrons. The van der Waals surface area contributed by atoms with Crippen LogP contribution < -0.4 is 4.74 Å². The lowest BCUT2D eigenvalue weighted by Gasteiger charge is -1.99. The molecule has 0 bridgehead atoms. The maximum absolute atomic E-state index is 11.1. The molecule has 0 aliphatic heterocycles. The van der Waals surface area contributed by atoms with E-state index in [1.165, 1.54) is 6.20 Å². The summed E-state index contributed by atoms with van der Waals surface area (Å²) >= 11 is 0. The number of hydrogen-bond donors (Lipinski definition) is 1. The van der Waals surface area contributed by atoms with Gasteiger partial charge in [0, 0.05) is 24.2 Å². The van der Waals surface area contributed by atoms with Crippen molar-refractivity contribution in [1.82, 2.24) is 14.4 Å². The lowest BCUT2D eigenvalue weighted by atomic mass is 10.2. The molecule has 6 heteroatoms. The van der Waals surface area contributed by atoms with Gasteiger partial charge < -0.3 is 14.2 Å². The summed E-state index contributed by atoms with van der Waals surface area (Å²) in [5.41, 5.74) is 1.83. The Morgan fingerprint density at radius 3 is 2.70 bits per heavy atom. The SMILES string of the molecule is COc1ccc(-c2cn3ccnc(C(=O)O)c3n2)cc1. The highest BCUT2D eigenvalue weighted by Crippen LogP contribution is 2.22. The number of nitrogens with zero attached hydrogens (tertiary/aromatic N) is 3. The molecule has 6 nitrogen and oxygen atoms in total. The van der Waals surface area contributed by atoms with E-state index in [0.29, 0.717) is 11.3 Å². The molecule has 0 aliphatic carbocycles.